The summed E-state index contributed by atoms with van der Waals surface area (Å²) in [5.74, 6) is -0.346. The summed E-state index contributed by atoms with van der Waals surface area (Å²) in [6.45, 7) is 2.36. The van der Waals surface area contributed by atoms with Gasteiger partial charge in [-0.2, -0.15) is 4.31 Å². The van der Waals surface area contributed by atoms with Gasteiger partial charge in [-0.3, -0.25) is 14.2 Å². The molecule has 1 N–H and O–H groups in total. The molecule has 0 spiro atoms. The molecule has 1 amide bonds. The molecule has 3 aromatic rings. The van der Waals surface area contributed by atoms with E-state index in [0.29, 0.717) is 12.2 Å². The van der Waals surface area contributed by atoms with Gasteiger partial charge in [0.2, 0.25) is 15.9 Å². The first-order valence-corrected chi connectivity index (χ1v) is 12.1. The lowest BCUT2D eigenvalue weighted by Crippen LogP contribution is -2.41. The number of piperidine rings is 1. The fourth-order valence-electron chi connectivity index (χ4n) is 3.78. The van der Waals surface area contributed by atoms with Crippen molar-refractivity contribution in [1.29, 1.82) is 0 Å². The summed E-state index contributed by atoms with van der Waals surface area (Å²) < 4.78 is 29.6. The predicted octanol–water partition coefficient (Wildman–Crippen LogP) is 3.26. The lowest BCUT2D eigenvalue weighted by Gasteiger charge is -2.32. The molecule has 7 nitrogen and oxygen atoms in total. The molecule has 1 saturated heterocycles. The van der Waals surface area contributed by atoms with E-state index in [2.05, 4.69) is 5.32 Å². The highest BCUT2D eigenvalue weighted by molar-refractivity contribution is 7.89. The molecule has 1 aliphatic heterocycles. The number of nitrogens with zero attached hydrogens (tertiary/aromatic N) is 2. The van der Waals surface area contributed by atoms with E-state index in [0.717, 1.165) is 40.8 Å². The number of nitrogens with one attached hydrogen (secondary N) is 1. The number of thiazole rings is 1. The number of sulfonamides is 1. The van der Waals surface area contributed by atoms with Crippen LogP contribution in [0.5, 0.6) is 0 Å². The first-order chi connectivity index (χ1) is 14.4. The van der Waals surface area contributed by atoms with Gasteiger partial charge >= 0.3 is 4.87 Å². The molecule has 2 heterocycles. The van der Waals surface area contributed by atoms with Crippen LogP contribution in [-0.2, 0) is 21.4 Å². The number of hydrogen-bond donors (Lipinski definition) is 1. The normalized spacial score (nSPS) is 17.8. The van der Waals surface area contributed by atoms with Gasteiger partial charge in [0.15, 0.2) is 0 Å². The van der Waals surface area contributed by atoms with Crippen molar-refractivity contribution < 1.29 is 13.2 Å². The fraction of sp³-hybridized carbons (Fsp3) is 0.333. The van der Waals surface area contributed by atoms with Gasteiger partial charge in [-0.05, 0) is 56.2 Å². The number of carbonyl (C=O) groups excluding carboxylic acids is 1. The Balaban J connectivity index is 1.47. The minimum atomic E-state index is -3.55. The molecular formula is C21H23N3O4S2. The first kappa shape index (κ1) is 20.8. The number of hydrogen-bond acceptors (Lipinski definition) is 5. The molecule has 0 radical (unpaired) electrons. The SMILES string of the molecule is C[C@@H]1CCCCN1S(=O)(=O)c1ccc(NC(=O)Cn2c(=O)sc3ccccc32)cc1. The molecule has 2 aromatic carbocycles. The van der Waals surface area contributed by atoms with Crippen LogP contribution in [0.4, 0.5) is 5.69 Å². The van der Waals surface area contributed by atoms with Crippen molar-refractivity contribution in [3.05, 3.63) is 58.2 Å². The van der Waals surface area contributed by atoms with Crippen LogP contribution >= 0.6 is 11.3 Å². The predicted molar refractivity (Wildman–Crippen MR) is 118 cm³/mol. The quantitative estimate of drug-likeness (QED) is 0.653. The van der Waals surface area contributed by atoms with E-state index < -0.39 is 10.0 Å². The highest BCUT2D eigenvalue weighted by Crippen LogP contribution is 2.26. The molecule has 30 heavy (non-hydrogen) atoms. The second-order valence-corrected chi connectivity index (χ2v) is 10.3. The lowest BCUT2D eigenvalue weighted by atomic mass is 10.1. The molecule has 0 aliphatic carbocycles. The van der Waals surface area contributed by atoms with Crippen molar-refractivity contribution in [2.45, 2.75) is 43.7 Å². The number of para-hydroxylation sites is 1. The highest BCUT2D eigenvalue weighted by Gasteiger charge is 2.30. The van der Waals surface area contributed by atoms with Crippen LogP contribution in [0.2, 0.25) is 0 Å². The number of amides is 1. The van der Waals surface area contributed by atoms with Gasteiger partial charge in [0.1, 0.15) is 6.54 Å². The van der Waals surface area contributed by atoms with E-state index in [4.69, 9.17) is 0 Å². The largest absolute Gasteiger partial charge is 0.325 e. The molecule has 0 bridgehead atoms. The van der Waals surface area contributed by atoms with Crippen molar-refractivity contribution >= 4 is 43.2 Å². The van der Waals surface area contributed by atoms with E-state index in [9.17, 15) is 18.0 Å². The third-order valence-corrected chi connectivity index (χ3v) is 8.35. The number of carbonyl (C=O) groups is 1. The van der Waals surface area contributed by atoms with E-state index in [-0.39, 0.29) is 28.3 Å². The standard InChI is InChI=1S/C21H23N3O4S2/c1-15-6-4-5-13-24(15)30(27,28)17-11-9-16(10-12-17)22-20(25)14-23-18-7-2-3-8-19(18)29-21(23)26/h2-3,7-12,15H,4-6,13-14H2,1H3,(H,22,25)/t15-/m1/s1. The Morgan fingerprint density at radius 1 is 1.13 bits per heavy atom. The molecule has 1 aromatic heterocycles. The molecule has 9 heteroatoms. The van der Waals surface area contributed by atoms with E-state index in [1.807, 2.05) is 31.2 Å². The van der Waals surface area contributed by atoms with Gasteiger partial charge < -0.3 is 5.32 Å². The summed E-state index contributed by atoms with van der Waals surface area (Å²) in [7, 11) is -3.55. The molecule has 4 rings (SSSR count). The number of anilines is 1. The van der Waals surface area contributed by atoms with Crippen molar-refractivity contribution in [2.75, 3.05) is 11.9 Å². The third kappa shape index (κ3) is 4.05. The Morgan fingerprint density at radius 3 is 2.60 bits per heavy atom. The summed E-state index contributed by atoms with van der Waals surface area (Å²) in [5, 5.41) is 2.74. The van der Waals surface area contributed by atoms with Gasteiger partial charge in [-0.1, -0.05) is 29.9 Å². The molecule has 1 fully saturated rings. The topological polar surface area (TPSA) is 88.5 Å². The second-order valence-electron chi connectivity index (χ2n) is 7.45. The van der Waals surface area contributed by atoms with Crippen LogP contribution in [0.3, 0.4) is 0 Å². The lowest BCUT2D eigenvalue weighted by molar-refractivity contribution is -0.116. The molecule has 0 saturated carbocycles. The second kappa shape index (κ2) is 8.33. The van der Waals surface area contributed by atoms with Gasteiger partial charge in [-0.15, -0.1) is 0 Å². The first-order valence-electron chi connectivity index (χ1n) is 9.86. The average Bonchev–Trinajstić information content (AvgIpc) is 3.04. The van der Waals surface area contributed by atoms with Gasteiger partial charge in [-0.25, -0.2) is 8.42 Å². The van der Waals surface area contributed by atoms with Crippen LogP contribution in [0.15, 0.2) is 58.2 Å². The van der Waals surface area contributed by atoms with E-state index >= 15 is 0 Å². The van der Waals surface area contributed by atoms with Gasteiger partial charge in [0, 0.05) is 18.3 Å². The van der Waals surface area contributed by atoms with Crippen molar-refractivity contribution in [1.82, 2.24) is 8.87 Å². The maximum Gasteiger partial charge on any atom is 0.308 e. The zero-order valence-corrected chi connectivity index (χ0v) is 18.2. The highest BCUT2D eigenvalue weighted by atomic mass is 32.2. The Hall–Kier alpha value is -2.49. The van der Waals surface area contributed by atoms with Crippen LogP contribution in [-0.4, -0.2) is 35.8 Å². The smallest absolute Gasteiger partial charge is 0.308 e. The molecular weight excluding hydrogens is 422 g/mol. The number of rotatable bonds is 5. The van der Waals surface area contributed by atoms with E-state index in [1.165, 1.54) is 16.7 Å². The Labute approximate surface area is 179 Å². The number of aromatic nitrogens is 1. The van der Waals surface area contributed by atoms with Crippen molar-refractivity contribution in [3.8, 4) is 0 Å². The monoisotopic (exact) mass is 445 g/mol. The van der Waals surface area contributed by atoms with Gasteiger partial charge in [0.05, 0.1) is 15.1 Å². The van der Waals surface area contributed by atoms with Gasteiger partial charge in [0.25, 0.3) is 0 Å². The molecule has 1 atom stereocenters. The summed E-state index contributed by atoms with van der Waals surface area (Å²) in [4.78, 5) is 24.7. The molecule has 0 unspecified atom stereocenters. The van der Waals surface area contributed by atoms with Crippen LogP contribution in [0.1, 0.15) is 26.2 Å². The molecule has 158 valence electrons. The van der Waals surface area contributed by atoms with E-state index in [1.54, 1.807) is 16.4 Å². The maximum absolute atomic E-state index is 12.9. The fourth-order valence-corrected chi connectivity index (χ4v) is 6.37. The Bertz CT molecular complexity index is 1230. The number of benzene rings is 2. The maximum atomic E-state index is 12.9. The minimum absolute atomic E-state index is 0.0122. The Morgan fingerprint density at radius 2 is 1.87 bits per heavy atom. The summed E-state index contributed by atoms with van der Waals surface area (Å²) in [6.07, 6.45) is 2.78. The zero-order chi connectivity index (χ0) is 21.3. The summed E-state index contributed by atoms with van der Waals surface area (Å²) in [6, 6.07) is 13.5. The Kier molecular flexibility index (Phi) is 5.77. The average molecular weight is 446 g/mol. The number of fused-ring (bicyclic) bond motifs is 1. The summed E-state index contributed by atoms with van der Waals surface area (Å²) >= 11 is 1.10. The molecule has 1 aliphatic rings. The minimum Gasteiger partial charge on any atom is -0.325 e. The zero-order valence-electron chi connectivity index (χ0n) is 16.6. The van der Waals surface area contributed by atoms with Crippen molar-refractivity contribution in [2.24, 2.45) is 0 Å². The third-order valence-electron chi connectivity index (χ3n) is 5.36. The van der Waals surface area contributed by atoms with Crippen LogP contribution in [0, 0.1) is 0 Å². The van der Waals surface area contributed by atoms with Crippen LogP contribution < -0.4 is 10.2 Å². The van der Waals surface area contributed by atoms with Crippen LogP contribution in [0.25, 0.3) is 10.2 Å². The van der Waals surface area contributed by atoms with Crippen molar-refractivity contribution in [3.63, 3.8) is 0 Å². The summed E-state index contributed by atoms with van der Waals surface area (Å²) in [5.41, 5.74) is 1.21.